The van der Waals surface area contributed by atoms with Gasteiger partial charge in [0, 0.05) is 26.4 Å². The molecule has 1 aromatic rings. The van der Waals surface area contributed by atoms with Gasteiger partial charge in [-0.25, -0.2) is 4.79 Å². The van der Waals surface area contributed by atoms with Gasteiger partial charge in [-0.15, -0.1) is 0 Å². The highest BCUT2D eigenvalue weighted by molar-refractivity contribution is 5.91. The Balaban J connectivity index is 1.73. The zero-order chi connectivity index (χ0) is 14.1. The van der Waals surface area contributed by atoms with E-state index in [1.54, 1.807) is 7.11 Å². The first-order chi connectivity index (χ1) is 9.69. The van der Waals surface area contributed by atoms with Crippen molar-refractivity contribution in [2.45, 2.75) is 37.9 Å². The minimum atomic E-state index is -0.234. The summed E-state index contributed by atoms with van der Waals surface area (Å²) in [6.07, 6.45) is 3.93. The molecule has 1 fully saturated rings. The monoisotopic (exact) mass is 275 g/mol. The number of anilines is 1. The van der Waals surface area contributed by atoms with Gasteiger partial charge in [-0.2, -0.15) is 0 Å². The second kappa shape index (κ2) is 5.44. The van der Waals surface area contributed by atoms with Crippen LogP contribution in [0.15, 0.2) is 18.2 Å². The lowest BCUT2D eigenvalue weighted by Gasteiger charge is -2.19. The summed E-state index contributed by atoms with van der Waals surface area (Å²) in [7, 11) is 3.74. The Morgan fingerprint density at radius 2 is 2.10 bits per heavy atom. The average Bonchev–Trinajstić information content (AvgIpc) is 3.05. The van der Waals surface area contributed by atoms with E-state index < -0.39 is 0 Å². The van der Waals surface area contributed by atoms with Crippen molar-refractivity contribution in [2.75, 3.05) is 25.6 Å². The van der Waals surface area contributed by atoms with E-state index in [0.717, 1.165) is 37.9 Å². The van der Waals surface area contributed by atoms with Crippen molar-refractivity contribution in [2.24, 2.45) is 0 Å². The minimum Gasteiger partial charge on any atom is -0.456 e. The molecule has 2 aliphatic rings. The highest BCUT2D eigenvalue weighted by atomic mass is 16.6. The Morgan fingerprint density at radius 1 is 1.30 bits per heavy atom. The van der Waals surface area contributed by atoms with Gasteiger partial charge in [-0.3, -0.25) is 0 Å². The number of benzene rings is 1. The third-order valence-corrected chi connectivity index (χ3v) is 4.40. The summed E-state index contributed by atoms with van der Waals surface area (Å²) in [5.74, 6) is -0.234. The van der Waals surface area contributed by atoms with E-state index >= 15 is 0 Å². The lowest BCUT2D eigenvalue weighted by molar-refractivity contribution is -0.0206. The van der Waals surface area contributed by atoms with Gasteiger partial charge in [-0.1, -0.05) is 6.07 Å². The number of nitrogens with zero attached hydrogens (tertiary/aromatic N) is 1. The molecule has 0 N–H and O–H groups in total. The van der Waals surface area contributed by atoms with Crippen LogP contribution in [0.25, 0.3) is 0 Å². The van der Waals surface area contributed by atoms with Crippen LogP contribution in [0.2, 0.25) is 0 Å². The maximum Gasteiger partial charge on any atom is 0.338 e. The molecule has 0 radical (unpaired) electrons. The molecule has 1 saturated carbocycles. The van der Waals surface area contributed by atoms with E-state index in [1.165, 1.54) is 5.56 Å². The van der Waals surface area contributed by atoms with E-state index in [-0.39, 0.29) is 18.2 Å². The summed E-state index contributed by atoms with van der Waals surface area (Å²) in [6, 6.07) is 5.86. The summed E-state index contributed by atoms with van der Waals surface area (Å²) in [5.41, 5.74) is 3.09. The summed E-state index contributed by atoms with van der Waals surface area (Å²) in [6.45, 7) is 1.02. The van der Waals surface area contributed by atoms with Crippen molar-refractivity contribution in [3.63, 3.8) is 0 Å². The number of hydrogen-bond donors (Lipinski definition) is 0. The lowest BCUT2D eigenvalue weighted by Crippen LogP contribution is -2.27. The van der Waals surface area contributed by atoms with Crippen LogP contribution < -0.4 is 4.90 Å². The van der Waals surface area contributed by atoms with Crippen LogP contribution in [0.5, 0.6) is 0 Å². The van der Waals surface area contributed by atoms with Crippen LogP contribution in [0.4, 0.5) is 5.69 Å². The second-order valence-electron chi connectivity index (χ2n) is 5.66. The molecular formula is C16H21NO3. The molecule has 4 nitrogen and oxygen atoms in total. The zero-order valence-electron chi connectivity index (χ0n) is 12.1. The van der Waals surface area contributed by atoms with Crippen LogP contribution >= 0.6 is 0 Å². The lowest BCUT2D eigenvalue weighted by atomic mass is 10.1. The van der Waals surface area contributed by atoms with Crippen LogP contribution in [-0.4, -0.2) is 38.9 Å². The summed E-state index contributed by atoms with van der Waals surface area (Å²) in [5, 5.41) is 0. The fourth-order valence-corrected chi connectivity index (χ4v) is 3.17. The molecule has 20 heavy (non-hydrogen) atoms. The Hall–Kier alpha value is -1.55. The maximum absolute atomic E-state index is 12.3. The molecule has 0 spiro atoms. The van der Waals surface area contributed by atoms with Gasteiger partial charge in [0.1, 0.15) is 6.10 Å². The molecule has 108 valence electrons. The normalized spacial score (nSPS) is 24.8. The fourth-order valence-electron chi connectivity index (χ4n) is 3.17. The molecule has 3 rings (SSSR count). The molecule has 1 heterocycles. The van der Waals surface area contributed by atoms with E-state index in [1.807, 2.05) is 18.2 Å². The molecule has 1 aliphatic heterocycles. The molecule has 0 saturated heterocycles. The SMILES string of the molecule is CO[C@@H]1CCC[C@H]1OC(=O)c1ccc2c(c1)N(C)CC2. The molecule has 0 aromatic heterocycles. The van der Waals surface area contributed by atoms with Crippen molar-refractivity contribution in [1.29, 1.82) is 0 Å². The molecule has 1 aliphatic carbocycles. The van der Waals surface area contributed by atoms with E-state index in [0.29, 0.717) is 5.56 Å². The summed E-state index contributed by atoms with van der Waals surface area (Å²) < 4.78 is 11.0. The fraction of sp³-hybridized carbons (Fsp3) is 0.562. The Labute approximate surface area is 119 Å². The Kier molecular flexibility index (Phi) is 3.66. The number of rotatable bonds is 3. The number of likely N-dealkylation sites (N-methyl/N-ethyl adjacent to an activating group) is 1. The third kappa shape index (κ3) is 2.40. The predicted molar refractivity (Wildman–Crippen MR) is 77.3 cm³/mol. The van der Waals surface area contributed by atoms with Gasteiger partial charge in [0.05, 0.1) is 11.7 Å². The van der Waals surface area contributed by atoms with Crippen molar-refractivity contribution < 1.29 is 14.3 Å². The Morgan fingerprint density at radius 3 is 2.90 bits per heavy atom. The van der Waals surface area contributed by atoms with Crippen LogP contribution in [0.1, 0.15) is 35.2 Å². The number of carbonyl (C=O) groups excluding carboxylic acids is 1. The highest BCUT2D eigenvalue weighted by Gasteiger charge is 2.31. The molecule has 4 heteroatoms. The quantitative estimate of drug-likeness (QED) is 0.794. The number of ether oxygens (including phenoxy) is 2. The molecule has 0 bridgehead atoms. The standard InChI is InChI=1S/C16H21NO3/c1-17-9-8-11-6-7-12(10-13(11)17)16(18)20-15-5-3-4-14(15)19-2/h6-7,10,14-15H,3-5,8-9H2,1-2H3/t14-,15-/m1/s1. The molecule has 0 amide bonds. The predicted octanol–water partition coefficient (Wildman–Crippen LogP) is 2.40. The molecule has 1 aromatic carbocycles. The first-order valence-corrected chi connectivity index (χ1v) is 7.27. The van der Waals surface area contributed by atoms with E-state index in [2.05, 4.69) is 11.9 Å². The van der Waals surface area contributed by atoms with Crippen molar-refractivity contribution >= 4 is 11.7 Å². The maximum atomic E-state index is 12.3. The zero-order valence-corrected chi connectivity index (χ0v) is 12.1. The minimum absolute atomic E-state index is 0.0519. The number of methoxy groups -OCH3 is 1. The molecule has 0 unspecified atom stereocenters. The summed E-state index contributed by atoms with van der Waals surface area (Å²) in [4.78, 5) is 14.5. The third-order valence-electron chi connectivity index (χ3n) is 4.40. The Bertz CT molecular complexity index is 514. The first-order valence-electron chi connectivity index (χ1n) is 7.27. The topological polar surface area (TPSA) is 38.8 Å². The van der Waals surface area contributed by atoms with Crippen LogP contribution in [0, 0.1) is 0 Å². The number of hydrogen-bond acceptors (Lipinski definition) is 4. The highest BCUT2D eigenvalue weighted by Crippen LogP contribution is 2.29. The van der Waals surface area contributed by atoms with Gasteiger partial charge in [-0.05, 0) is 43.4 Å². The van der Waals surface area contributed by atoms with Crippen LogP contribution in [0.3, 0.4) is 0 Å². The van der Waals surface area contributed by atoms with Crippen molar-refractivity contribution in [3.8, 4) is 0 Å². The van der Waals surface area contributed by atoms with Crippen molar-refractivity contribution in [3.05, 3.63) is 29.3 Å². The van der Waals surface area contributed by atoms with Gasteiger partial charge in [0.2, 0.25) is 0 Å². The summed E-state index contributed by atoms with van der Waals surface area (Å²) >= 11 is 0. The number of esters is 1. The largest absolute Gasteiger partial charge is 0.456 e. The average molecular weight is 275 g/mol. The number of carbonyl (C=O) groups is 1. The number of fused-ring (bicyclic) bond motifs is 1. The second-order valence-corrected chi connectivity index (χ2v) is 5.66. The smallest absolute Gasteiger partial charge is 0.338 e. The first kappa shape index (κ1) is 13.4. The van der Waals surface area contributed by atoms with E-state index in [9.17, 15) is 4.79 Å². The van der Waals surface area contributed by atoms with Gasteiger partial charge >= 0.3 is 5.97 Å². The van der Waals surface area contributed by atoms with Gasteiger partial charge < -0.3 is 14.4 Å². The molecular weight excluding hydrogens is 254 g/mol. The van der Waals surface area contributed by atoms with Crippen molar-refractivity contribution in [1.82, 2.24) is 0 Å². The van der Waals surface area contributed by atoms with Gasteiger partial charge in [0.15, 0.2) is 0 Å². The van der Waals surface area contributed by atoms with Crippen LogP contribution in [-0.2, 0) is 15.9 Å². The van der Waals surface area contributed by atoms with E-state index in [4.69, 9.17) is 9.47 Å². The molecule has 2 atom stereocenters. The van der Waals surface area contributed by atoms with Gasteiger partial charge in [0.25, 0.3) is 0 Å².